The van der Waals surface area contributed by atoms with E-state index in [1.165, 1.54) is 24.0 Å². The van der Waals surface area contributed by atoms with Crippen molar-refractivity contribution >= 4 is 12.0 Å². The van der Waals surface area contributed by atoms with E-state index in [2.05, 4.69) is 29.2 Å². The molecule has 1 spiro atoms. The van der Waals surface area contributed by atoms with Gasteiger partial charge >= 0.3 is 6.09 Å². The molecule has 2 amide bonds. The number of carbonyl (C=O) groups is 2. The Morgan fingerprint density at radius 1 is 1.14 bits per heavy atom. The third kappa shape index (κ3) is 4.02. The second-order valence-corrected chi connectivity index (χ2v) is 8.45. The fraction of sp³-hybridized carbons (Fsp3) is 0.636. The van der Waals surface area contributed by atoms with E-state index in [1.54, 1.807) is 12.0 Å². The van der Waals surface area contributed by atoms with Gasteiger partial charge < -0.3 is 19.3 Å². The van der Waals surface area contributed by atoms with Crippen molar-refractivity contribution in [3.8, 4) is 0 Å². The molecule has 152 valence electrons. The number of benzene rings is 1. The summed E-state index contributed by atoms with van der Waals surface area (Å²) in [7, 11) is 1.58. The van der Waals surface area contributed by atoms with E-state index in [9.17, 15) is 9.59 Å². The van der Waals surface area contributed by atoms with E-state index in [-0.39, 0.29) is 18.6 Å². The molecule has 2 aliphatic heterocycles. The van der Waals surface area contributed by atoms with E-state index >= 15 is 0 Å². The van der Waals surface area contributed by atoms with Gasteiger partial charge in [-0.15, -0.1) is 0 Å². The summed E-state index contributed by atoms with van der Waals surface area (Å²) in [5, 5.41) is 0. The summed E-state index contributed by atoms with van der Waals surface area (Å²) in [4.78, 5) is 29.7. The number of piperidine rings is 1. The molecule has 1 saturated heterocycles. The Bertz CT molecular complexity index is 723. The lowest BCUT2D eigenvalue weighted by Crippen LogP contribution is -2.51. The Morgan fingerprint density at radius 2 is 1.86 bits per heavy atom. The molecule has 6 heteroatoms. The molecule has 28 heavy (non-hydrogen) atoms. The lowest BCUT2D eigenvalue weighted by atomic mass is 9.73. The first-order valence-electron chi connectivity index (χ1n) is 10.4. The molecule has 0 aromatic heterocycles. The van der Waals surface area contributed by atoms with E-state index < -0.39 is 5.41 Å². The van der Waals surface area contributed by atoms with Gasteiger partial charge in [0.2, 0.25) is 5.91 Å². The summed E-state index contributed by atoms with van der Waals surface area (Å²) >= 11 is 0. The van der Waals surface area contributed by atoms with Gasteiger partial charge in [-0.2, -0.15) is 0 Å². The maximum absolute atomic E-state index is 13.6. The Morgan fingerprint density at radius 3 is 2.54 bits per heavy atom. The summed E-state index contributed by atoms with van der Waals surface area (Å²) in [6, 6.07) is 8.45. The van der Waals surface area contributed by atoms with Gasteiger partial charge in [0.05, 0.1) is 12.0 Å². The standard InChI is InChI=1S/C22H30N2O4/c1-27-12-13-28-21(26)23-10-8-22(9-11-23)14-18-4-2-3-5-19(18)16-24(20(22)25)15-17-6-7-17/h2-5,17H,6-16H2,1H3. The summed E-state index contributed by atoms with van der Waals surface area (Å²) in [6.07, 6.45) is 4.33. The Hall–Kier alpha value is -2.08. The zero-order valence-electron chi connectivity index (χ0n) is 16.7. The number of nitrogens with zero attached hydrogens (tertiary/aromatic N) is 2. The van der Waals surface area contributed by atoms with Gasteiger partial charge in [-0.1, -0.05) is 24.3 Å². The second-order valence-electron chi connectivity index (χ2n) is 8.45. The smallest absolute Gasteiger partial charge is 0.409 e. The van der Waals surface area contributed by atoms with Crippen LogP contribution in [0.5, 0.6) is 0 Å². The van der Waals surface area contributed by atoms with Gasteiger partial charge in [-0.3, -0.25) is 4.79 Å². The number of fused-ring (bicyclic) bond motifs is 1. The molecule has 1 aliphatic carbocycles. The van der Waals surface area contributed by atoms with Gasteiger partial charge in [0.1, 0.15) is 6.61 Å². The number of hydrogen-bond donors (Lipinski definition) is 0. The minimum absolute atomic E-state index is 0.262. The molecule has 4 rings (SSSR count). The fourth-order valence-electron chi connectivity index (χ4n) is 4.51. The van der Waals surface area contributed by atoms with Crippen molar-refractivity contribution in [2.75, 3.05) is 40.0 Å². The minimum atomic E-state index is -0.398. The SMILES string of the molecule is COCCOC(=O)N1CCC2(CC1)Cc1ccccc1CN(CC1CC1)C2=O. The lowest BCUT2D eigenvalue weighted by molar-refractivity contribution is -0.145. The molecule has 2 heterocycles. The molecule has 1 aromatic rings. The molecule has 6 nitrogen and oxygen atoms in total. The average Bonchev–Trinajstić information content (AvgIpc) is 3.53. The lowest BCUT2D eigenvalue weighted by Gasteiger charge is -2.41. The van der Waals surface area contributed by atoms with Crippen molar-refractivity contribution in [2.24, 2.45) is 11.3 Å². The van der Waals surface area contributed by atoms with Crippen LogP contribution in [0.4, 0.5) is 4.79 Å². The molecule has 1 aromatic carbocycles. The van der Waals surface area contributed by atoms with Crippen molar-refractivity contribution in [2.45, 2.75) is 38.6 Å². The molecule has 0 N–H and O–H groups in total. The first-order valence-corrected chi connectivity index (χ1v) is 10.4. The van der Waals surface area contributed by atoms with Crippen LogP contribution in [0, 0.1) is 11.3 Å². The number of carbonyl (C=O) groups excluding carboxylic acids is 2. The van der Waals surface area contributed by atoms with Crippen LogP contribution in [0.25, 0.3) is 0 Å². The third-order valence-corrected chi connectivity index (χ3v) is 6.42. The number of methoxy groups -OCH3 is 1. The highest BCUT2D eigenvalue weighted by Crippen LogP contribution is 2.42. The molecule has 1 saturated carbocycles. The van der Waals surface area contributed by atoms with Crippen molar-refractivity contribution in [3.63, 3.8) is 0 Å². The molecule has 0 radical (unpaired) electrons. The summed E-state index contributed by atoms with van der Waals surface area (Å²) < 4.78 is 10.2. The largest absolute Gasteiger partial charge is 0.447 e. The number of hydrogen-bond acceptors (Lipinski definition) is 4. The van der Waals surface area contributed by atoms with E-state index in [0.717, 1.165) is 19.5 Å². The van der Waals surface area contributed by atoms with Crippen LogP contribution in [0.2, 0.25) is 0 Å². The predicted octanol–water partition coefficient (Wildman–Crippen LogP) is 2.85. The fourth-order valence-corrected chi connectivity index (χ4v) is 4.51. The average molecular weight is 386 g/mol. The van der Waals surface area contributed by atoms with E-state index in [1.807, 2.05) is 0 Å². The number of rotatable bonds is 5. The monoisotopic (exact) mass is 386 g/mol. The topological polar surface area (TPSA) is 59.1 Å². The van der Waals surface area contributed by atoms with Gasteiger partial charge in [-0.25, -0.2) is 4.79 Å². The molecule has 0 unspecified atom stereocenters. The van der Waals surface area contributed by atoms with Crippen LogP contribution in [0.1, 0.15) is 36.8 Å². The van der Waals surface area contributed by atoms with Crippen molar-refractivity contribution in [1.82, 2.24) is 9.80 Å². The first-order chi connectivity index (χ1) is 13.6. The molecular weight excluding hydrogens is 356 g/mol. The highest BCUT2D eigenvalue weighted by Gasteiger charge is 2.47. The van der Waals surface area contributed by atoms with Crippen LogP contribution in [-0.2, 0) is 27.2 Å². The zero-order chi connectivity index (χ0) is 19.6. The second kappa shape index (κ2) is 8.11. The molecule has 0 atom stereocenters. The Balaban J connectivity index is 1.49. The van der Waals surface area contributed by atoms with Crippen LogP contribution < -0.4 is 0 Å². The molecule has 0 bridgehead atoms. The highest BCUT2D eigenvalue weighted by atomic mass is 16.6. The third-order valence-electron chi connectivity index (χ3n) is 6.42. The number of amides is 2. The maximum Gasteiger partial charge on any atom is 0.409 e. The molecule has 2 fully saturated rings. The van der Waals surface area contributed by atoms with Gasteiger partial charge in [-0.05, 0) is 49.1 Å². The van der Waals surface area contributed by atoms with Gasteiger partial charge in [0.15, 0.2) is 0 Å². The predicted molar refractivity (Wildman–Crippen MR) is 105 cm³/mol. The van der Waals surface area contributed by atoms with Gasteiger partial charge in [0, 0.05) is 33.3 Å². The summed E-state index contributed by atoms with van der Waals surface area (Å²) in [5.74, 6) is 0.949. The quantitative estimate of drug-likeness (QED) is 0.730. The van der Waals surface area contributed by atoms with Gasteiger partial charge in [0.25, 0.3) is 0 Å². The normalized spacial score (nSPS) is 21.4. The van der Waals surface area contributed by atoms with E-state index in [0.29, 0.717) is 38.5 Å². The molecule has 3 aliphatic rings. The van der Waals surface area contributed by atoms with Crippen LogP contribution >= 0.6 is 0 Å². The van der Waals surface area contributed by atoms with Crippen LogP contribution in [-0.4, -0.2) is 61.8 Å². The van der Waals surface area contributed by atoms with Crippen LogP contribution in [0.15, 0.2) is 24.3 Å². The van der Waals surface area contributed by atoms with Crippen LogP contribution in [0.3, 0.4) is 0 Å². The van der Waals surface area contributed by atoms with Crippen molar-refractivity contribution < 1.29 is 19.1 Å². The van der Waals surface area contributed by atoms with Crippen molar-refractivity contribution in [1.29, 1.82) is 0 Å². The number of ether oxygens (including phenoxy) is 2. The molecular formula is C22H30N2O4. The maximum atomic E-state index is 13.6. The zero-order valence-corrected chi connectivity index (χ0v) is 16.7. The number of likely N-dealkylation sites (tertiary alicyclic amines) is 1. The minimum Gasteiger partial charge on any atom is -0.447 e. The highest BCUT2D eigenvalue weighted by molar-refractivity contribution is 5.84. The first kappa shape index (κ1) is 19.2. The summed E-state index contributed by atoms with van der Waals surface area (Å²) in [6.45, 7) is 3.38. The Kier molecular flexibility index (Phi) is 5.58. The Labute approximate surface area is 166 Å². The van der Waals surface area contributed by atoms with E-state index in [4.69, 9.17) is 9.47 Å². The summed E-state index contributed by atoms with van der Waals surface area (Å²) in [5.41, 5.74) is 2.16. The van der Waals surface area contributed by atoms with Crippen molar-refractivity contribution in [3.05, 3.63) is 35.4 Å².